The Morgan fingerprint density at radius 2 is 2.05 bits per heavy atom. The van der Waals surface area contributed by atoms with Gasteiger partial charge in [0.15, 0.2) is 0 Å². The zero-order valence-corrected chi connectivity index (χ0v) is 15.2. The quantitative estimate of drug-likeness (QED) is 0.791. The maximum absolute atomic E-state index is 11.7. The van der Waals surface area contributed by atoms with Gasteiger partial charge in [-0.2, -0.15) is 0 Å². The van der Waals surface area contributed by atoms with Gasteiger partial charge < -0.3 is 20.3 Å². The topological polar surface area (TPSA) is 53.6 Å². The standard InChI is InChI=1S/C17H35N3O2/c1-7-20-10-8-9-15(12-20)14(3)19-13(2)11-18-16(21)22-17(4,5)6/h13-15,19H,7-12H2,1-6H3,(H,18,21). The Morgan fingerprint density at radius 3 is 2.64 bits per heavy atom. The number of hydrogen-bond donors (Lipinski definition) is 2. The molecule has 1 rings (SSSR count). The van der Waals surface area contributed by atoms with E-state index in [4.69, 9.17) is 4.74 Å². The van der Waals surface area contributed by atoms with Crippen LogP contribution in [0.2, 0.25) is 0 Å². The van der Waals surface area contributed by atoms with Gasteiger partial charge in [0.05, 0.1) is 0 Å². The monoisotopic (exact) mass is 313 g/mol. The fourth-order valence-electron chi connectivity index (χ4n) is 2.98. The van der Waals surface area contributed by atoms with E-state index in [2.05, 4.69) is 36.3 Å². The van der Waals surface area contributed by atoms with Crippen LogP contribution in [0.1, 0.15) is 54.4 Å². The highest BCUT2D eigenvalue weighted by atomic mass is 16.6. The molecule has 130 valence electrons. The average molecular weight is 313 g/mol. The molecule has 5 nitrogen and oxygen atoms in total. The van der Waals surface area contributed by atoms with Crippen LogP contribution in [-0.4, -0.2) is 54.9 Å². The number of ether oxygens (including phenoxy) is 1. The van der Waals surface area contributed by atoms with Gasteiger partial charge in [0, 0.05) is 25.2 Å². The fraction of sp³-hybridized carbons (Fsp3) is 0.941. The number of amides is 1. The Balaban J connectivity index is 2.29. The fourth-order valence-corrected chi connectivity index (χ4v) is 2.98. The van der Waals surface area contributed by atoms with Crippen molar-refractivity contribution >= 4 is 6.09 Å². The van der Waals surface area contributed by atoms with Crippen LogP contribution in [0.4, 0.5) is 4.79 Å². The van der Waals surface area contributed by atoms with Crippen LogP contribution >= 0.6 is 0 Å². The van der Waals surface area contributed by atoms with Gasteiger partial charge in [-0.15, -0.1) is 0 Å². The minimum atomic E-state index is -0.445. The van der Waals surface area contributed by atoms with Crippen molar-refractivity contribution in [3.63, 3.8) is 0 Å². The molecule has 3 atom stereocenters. The van der Waals surface area contributed by atoms with Gasteiger partial charge in [0.2, 0.25) is 0 Å². The third-order valence-corrected chi connectivity index (χ3v) is 4.20. The highest BCUT2D eigenvalue weighted by Gasteiger charge is 2.24. The molecule has 0 spiro atoms. The Labute approximate surface area is 136 Å². The van der Waals surface area contributed by atoms with Crippen molar-refractivity contribution in [3.05, 3.63) is 0 Å². The lowest BCUT2D eigenvalue weighted by Gasteiger charge is -2.36. The van der Waals surface area contributed by atoms with Gasteiger partial charge in [0.25, 0.3) is 0 Å². The molecular formula is C17H35N3O2. The zero-order chi connectivity index (χ0) is 16.8. The number of piperidine rings is 1. The molecule has 1 aliphatic rings. The second kappa shape index (κ2) is 8.73. The maximum Gasteiger partial charge on any atom is 0.407 e. The van der Waals surface area contributed by atoms with Crippen molar-refractivity contribution in [2.75, 3.05) is 26.2 Å². The summed E-state index contributed by atoms with van der Waals surface area (Å²) in [5.41, 5.74) is -0.445. The van der Waals surface area contributed by atoms with E-state index in [1.165, 1.54) is 25.9 Å². The highest BCUT2D eigenvalue weighted by molar-refractivity contribution is 5.67. The van der Waals surface area contributed by atoms with Crippen LogP contribution < -0.4 is 10.6 Å². The van der Waals surface area contributed by atoms with Crippen molar-refractivity contribution < 1.29 is 9.53 Å². The molecule has 0 aliphatic carbocycles. The second-order valence-electron chi connectivity index (χ2n) is 7.53. The Hall–Kier alpha value is -0.810. The number of nitrogens with one attached hydrogen (secondary N) is 2. The predicted molar refractivity (Wildman–Crippen MR) is 91.1 cm³/mol. The third-order valence-electron chi connectivity index (χ3n) is 4.20. The summed E-state index contributed by atoms with van der Waals surface area (Å²) in [7, 11) is 0. The third kappa shape index (κ3) is 7.45. The largest absolute Gasteiger partial charge is 0.444 e. The summed E-state index contributed by atoms with van der Waals surface area (Å²) in [4.78, 5) is 14.2. The smallest absolute Gasteiger partial charge is 0.407 e. The highest BCUT2D eigenvalue weighted by Crippen LogP contribution is 2.19. The maximum atomic E-state index is 11.7. The minimum Gasteiger partial charge on any atom is -0.444 e. The molecule has 0 aromatic heterocycles. The molecule has 0 aromatic rings. The van der Waals surface area contributed by atoms with Crippen LogP contribution in [0.3, 0.4) is 0 Å². The van der Waals surface area contributed by atoms with Gasteiger partial charge in [-0.05, 0) is 66.5 Å². The van der Waals surface area contributed by atoms with Gasteiger partial charge in [-0.25, -0.2) is 4.79 Å². The summed E-state index contributed by atoms with van der Waals surface area (Å²) in [6.07, 6.45) is 2.23. The number of rotatable bonds is 6. The molecule has 0 aromatic carbocycles. The van der Waals surface area contributed by atoms with E-state index in [1.54, 1.807) is 0 Å². The molecule has 0 bridgehead atoms. The second-order valence-corrected chi connectivity index (χ2v) is 7.53. The summed E-state index contributed by atoms with van der Waals surface area (Å²) in [6, 6.07) is 0.698. The lowest BCUT2D eigenvalue weighted by molar-refractivity contribution is 0.0521. The first-order valence-electron chi connectivity index (χ1n) is 8.66. The van der Waals surface area contributed by atoms with E-state index >= 15 is 0 Å². The van der Waals surface area contributed by atoms with Gasteiger partial charge in [-0.3, -0.25) is 0 Å². The van der Waals surface area contributed by atoms with Gasteiger partial charge in [0.1, 0.15) is 5.60 Å². The van der Waals surface area contributed by atoms with E-state index in [9.17, 15) is 4.79 Å². The molecule has 3 unspecified atom stereocenters. The van der Waals surface area contributed by atoms with Crippen molar-refractivity contribution in [1.82, 2.24) is 15.5 Å². The molecule has 22 heavy (non-hydrogen) atoms. The lowest BCUT2D eigenvalue weighted by Crippen LogP contribution is -2.49. The first-order valence-corrected chi connectivity index (χ1v) is 8.66. The summed E-state index contributed by atoms with van der Waals surface area (Å²) in [5.74, 6) is 0.692. The number of carbonyl (C=O) groups excluding carboxylic acids is 1. The number of likely N-dealkylation sites (tertiary alicyclic amines) is 1. The van der Waals surface area contributed by atoms with E-state index in [-0.39, 0.29) is 12.1 Å². The molecule has 2 N–H and O–H groups in total. The molecule has 1 aliphatic heterocycles. The molecule has 1 fully saturated rings. The van der Waals surface area contributed by atoms with Crippen molar-refractivity contribution in [2.24, 2.45) is 5.92 Å². The Kier molecular flexibility index (Phi) is 7.63. The van der Waals surface area contributed by atoms with Gasteiger partial charge >= 0.3 is 6.09 Å². The van der Waals surface area contributed by atoms with Crippen molar-refractivity contribution in [3.8, 4) is 0 Å². The Bertz CT molecular complexity index is 341. The summed E-state index contributed by atoms with van der Waals surface area (Å²) < 4.78 is 5.25. The van der Waals surface area contributed by atoms with Crippen LogP contribution in [0.15, 0.2) is 0 Å². The number of hydrogen-bond acceptors (Lipinski definition) is 4. The lowest BCUT2D eigenvalue weighted by atomic mass is 9.91. The first kappa shape index (κ1) is 19.2. The van der Waals surface area contributed by atoms with Crippen LogP contribution in [0.25, 0.3) is 0 Å². The summed E-state index contributed by atoms with van der Waals surface area (Å²) >= 11 is 0. The van der Waals surface area contributed by atoms with E-state index in [0.717, 1.165) is 6.54 Å². The molecule has 0 radical (unpaired) electrons. The van der Waals surface area contributed by atoms with E-state index in [1.807, 2.05) is 20.8 Å². The molecule has 1 heterocycles. The molecule has 5 heteroatoms. The Morgan fingerprint density at radius 1 is 1.36 bits per heavy atom. The summed E-state index contributed by atoms with van der Waals surface area (Å²) in [6.45, 7) is 16.3. The van der Waals surface area contributed by atoms with Gasteiger partial charge in [-0.1, -0.05) is 6.92 Å². The normalized spacial score (nSPS) is 22.9. The number of nitrogens with zero attached hydrogens (tertiary/aromatic N) is 1. The molecule has 1 saturated heterocycles. The molecular weight excluding hydrogens is 278 g/mol. The van der Waals surface area contributed by atoms with Crippen molar-refractivity contribution in [1.29, 1.82) is 0 Å². The minimum absolute atomic E-state index is 0.236. The van der Waals surface area contributed by atoms with E-state index < -0.39 is 5.60 Å². The number of carbonyl (C=O) groups is 1. The van der Waals surface area contributed by atoms with Crippen LogP contribution in [-0.2, 0) is 4.74 Å². The predicted octanol–water partition coefficient (Wildman–Crippen LogP) is 2.61. The molecule has 1 amide bonds. The average Bonchev–Trinajstić information content (AvgIpc) is 2.43. The number of alkyl carbamates (subject to hydrolysis) is 1. The zero-order valence-electron chi connectivity index (χ0n) is 15.2. The van der Waals surface area contributed by atoms with Crippen molar-refractivity contribution in [2.45, 2.75) is 72.1 Å². The van der Waals surface area contributed by atoms with E-state index in [0.29, 0.717) is 18.5 Å². The SMILES string of the molecule is CCN1CCCC(C(C)NC(C)CNC(=O)OC(C)(C)C)C1. The van der Waals surface area contributed by atoms with Crippen LogP contribution in [0.5, 0.6) is 0 Å². The molecule has 0 saturated carbocycles. The summed E-state index contributed by atoms with van der Waals surface area (Å²) in [5, 5.41) is 6.45. The van der Waals surface area contributed by atoms with Crippen LogP contribution in [0, 0.1) is 5.92 Å². The first-order chi connectivity index (χ1) is 10.2.